The first-order chi connectivity index (χ1) is 12.0. The number of hydrogen-bond donors (Lipinski definition) is 2. The number of pyridine rings is 1. The maximum atomic E-state index is 14.1. The van der Waals surface area contributed by atoms with Gasteiger partial charge in [-0.05, 0) is 42.9 Å². The van der Waals surface area contributed by atoms with E-state index in [0.29, 0.717) is 5.82 Å². The Morgan fingerprint density at radius 3 is 2.76 bits per heavy atom. The summed E-state index contributed by atoms with van der Waals surface area (Å²) in [5.41, 5.74) is 5.11. The van der Waals surface area contributed by atoms with Crippen molar-refractivity contribution in [1.82, 2.24) is 15.2 Å². The lowest BCUT2D eigenvalue weighted by molar-refractivity contribution is 0.312. The van der Waals surface area contributed by atoms with Crippen molar-refractivity contribution in [3.05, 3.63) is 59.7 Å². The molecule has 3 aromatic rings. The number of H-pyrrole nitrogens is 1. The van der Waals surface area contributed by atoms with Crippen molar-refractivity contribution in [2.45, 2.75) is 33.1 Å². The predicted molar refractivity (Wildman–Crippen MR) is 97.3 cm³/mol. The van der Waals surface area contributed by atoms with E-state index in [1.165, 1.54) is 17.3 Å². The number of aromatic nitrogens is 3. The molecule has 2 N–H and O–H groups in total. The molecular formula is C20H21FN4. The van der Waals surface area contributed by atoms with E-state index in [2.05, 4.69) is 34.3 Å². The van der Waals surface area contributed by atoms with E-state index in [4.69, 9.17) is 0 Å². The highest BCUT2D eigenvalue weighted by atomic mass is 19.1. The van der Waals surface area contributed by atoms with Gasteiger partial charge in [0.1, 0.15) is 5.82 Å². The Labute approximate surface area is 146 Å². The standard InChI is InChI=1S/C20H21FN4/c1-20(2)9-8-15-16(12-20)24-25-19(15)13-10-17(21)23-18(11-13)22-14-6-4-3-5-7-14/h3-7,10-11H,8-9,12H2,1-2H3,(H,22,23)(H,24,25). The van der Waals surface area contributed by atoms with Gasteiger partial charge in [0.25, 0.3) is 0 Å². The molecular weight excluding hydrogens is 315 g/mol. The largest absolute Gasteiger partial charge is 0.340 e. The molecule has 0 unspecified atom stereocenters. The van der Waals surface area contributed by atoms with Crippen LogP contribution in [0, 0.1) is 11.4 Å². The average molecular weight is 336 g/mol. The molecule has 0 atom stereocenters. The van der Waals surface area contributed by atoms with Crippen molar-refractivity contribution < 1.29 is 4.39 Å². The summed E-state index contributed by atoms with van der Waals surface area (Å²) in [4.78, 5) is 3.96. The number of nitrogens with one attached hydrogen (secondary N) is 2. The molecule has 0 saturated heterocycles. The highest BCUT2D eigenvalue weighted by Crippen LogP contribution is 2.38. The monoisotopic (exact) mass is 336 g/mol. The molecule has 5 heteroatoms. The van der Waals surface area contributed by atoms with Gasteiger partial charge in [-0.1, -0.05) is 32.0 Å². The molecule has 4 nitrogen and oxygen atoms in total. The Balaban J connectivity index is 1.69. The summed E-state index contributed by atoms with van der Waals surface area (Å²) in [5, 5.41) is 10.8. The Morgan fingerprint density at radius 2 is 1.96 bits per heavy atom. The molecule has 0 saturated carbocycles. The van der Waals surface area contributed by atoms with Crippen LogP contribution in [0.2, 0.25) is 0 Å². The number of halogens is 1. The van der Waals surface area contributed by atoms with Crippen molar-refractivity contribution in [3.8, 4) is 11.3 Å². The van der Waals surface area contributed by atoms with E-state index in [0.717, 1.165) is 36.2 Å². The summed E-state index contributed by atoms with van der Waals surface area (Å²) >= 11 is 0. The quantitative estimate of drug-likeness (QED) is 0.671. The van der Waals surface area contributed by atoms with Crippen molar-refractivity contribution in [3.63, 3.8) is 0 Å². The van der Waals surface area contributed by atoms with Gasteiger partial charge in [0, 0.05) is 28.6 Å². The van der Waals surface area contributed by atoms with Crippen molar-refractivity contribution in [2.24, 2.45) is 5.41 Å². The van der Waals surface area contributed by atoms with Crippen LogP contribution in [0.1, 0.15) is 31.5 Å². The molecule has 0 amide bonds. The van der Waals surface area contributed by atoms with Crippen molar-refractivity contribution in [1.29, 1.82) is 0 Å². The number of nitrogens with zero attached hydrogens (tertiary/aromatic N) is 2. The summed E-state index contributed by atoms with van der Waals surface area (Å²) in [6.07, 6.45) is 3.03. The highest BCUT2D eigenvalue weighted by Gasteiger charge is 2.29. The van der Waals surface area contributed by atoms with Gasteiger partial charge in [0.15, 0.2) is 0 Å². The summed E-state index contributed by atoms with van der Waals surface area (Å²) in [6.45, 7) is 4.54. The Hall–Kier alpha value is -2.69. The van der Waals surface area contributed by atoms with Crippen LogP contribution >= 0.6 is 0 Å². The van der Waals surface area contributed by atoms with Gasteiger partial charge >= 0.3 is 0 Å². The first kappa shape index (κ1) is 15.8. The molecule has 2 aromatic heterocycles. The Bertz CT molecular complexity index is 899. The van der Waals surface area contributed by atoms with Gasteiger partial charge in [-0.3, -0.25) is 5.10 Å². The van der Waals surface area contributed by atoms with Gasteiger partial charge < -0.3 is 5.32 Å². The Kier molecular flexibility index (Phi) is 3.79. The van der Waals surface area contributed by atoms with Gasteiger partial charge in [0.2, 0.25) is 5.95 Å². The fraction of sp³-hybridized carbons (Fsp3) is 0.300. The molecule has 0 fully saturated rings. The number of aromatic amines is 1. The number of benzene rings is 1. The van der Waals surface area contributed by atoms with Gasteiger partial charge in [0.05, 0.1) is 5.69 Å². The summed E-state index contributed by atoms with van der Waals surface area (Å²) in [5.74, 6) is -0.0297. The number of fused-ring (bicyclic) bond motifs is 1. The fourth-order valence-corrected chi connectivity index (χ4v) is 3.45. The van der Waals surface area contributed by atoms with Crippen LogP contribution in [0.3, 0.4) is 0 Å². The van der Waals surface area contributed by atoms with Crippen LogP contribution in [0.25, 0.3) is 11.3 Å². The number of anilines is 2. The maximum Gasteiger partial charge on any atom is 0.215 e. The Morgan fingerprint density at radius 1 is 1.16 bits per heavy atom. The lowest BCUT2D eigenvalue weighted by atomic mass is 9.76. The van der Waals surface area contributed by atoms with E-state index in [1.807, 2.05) is 36.4 Å². The zero-order valence-electron chi connectivity index (χ0n) is 14.4. The second-order valence-corrected chi connectivity index (χ2v) is 7.43. The van der Waals surface area contributed by atoms with E-state index in [1.54, 1.807) is 0 Å². The summed E-state index contributed by atoms with van der Waals surface area (Å²) < 4.78 is 14.1. The minimum absolute atomic E-state index is 0.278. The van der Waals surface area contributed by atoms with Crippen LogP contribution in [0.4, 0.5) is 15.9 Å². The third-order valence-electron chi connectivity index (χ3n) is 4.77. The smallest absolute Gasteiger partial charge is 0.215 e. The molecule has 1 aliphatic rings. The molecule has 25 heavy (non-hydrogen) atoms. The molecule has 0 spiro atoms. The molecule has 0 bridgehead atoms. The molecule has 4 rings (SSSR count). The lowest BCUT2D eigenvalue weighted by Crippen LogP contribution is -2.21. The lowest BCUT2D eigenvalue weighted by Gasteiger charge is -2.29. The molecule has 1 aliphatic carbocycles. The maximum absolute atomic E-state index is 14.1. The van der Waals surface area contributed by atoms with Gasteiger partial charge in [-0.2, -0.15) is 9.49 Å². The van der Waals surface area contributed by atoms with Gasteiger partial charge in [-0.15, -0.1) is 0 Å². The zero-order chi connectivity index (χ0) is 17.4. The molecule has 2 heterocycles. The average Bonchev–Trinajstić information content (AvgIpc) is 2.97. The van der Waals surface area contributed by atoms with E-state index in [-0.39, 0.29) is 5.41 Å². The highest BCUT2D eigenvalue weighted by molar-refractivity contribution is 5.69. The molecule has 128 valence electrons. The van der Waals surface area contributed by atoms with Crippen molar-refractivity contribution in [2.75, 3.05) is 5.32 Å². The van der Waals surface area contributed by atoms with Crippen molar-refractivity contribution >= 4 is 11.5 Å². The zero-order valence-corrected chi connectivity index (χ0v) is 14.4. The SMILES string of the molecule is CC1(C)CCc2c(-c3cc(F)nc(Nc4ccccc4)c3)n[nH]c2C1. The first-order valence-electron chi connectivity index (χ1n) is 8.56. The third kappa shape index (κ3) is 3.27. The van der Waals surface area contributed by atoms with Crippen LogP contribution in [-0.2, 0) is 12.8 Å². The van der Waals surface area contributed by atoms with Crippen LogP contribution in [-0.4, -0.2) is 15.2 Å². The third-order valence-corrected chi connectivity index (χ3v) is 4.77. The van der Waals surface area contributed by atoms with Gasteiger partial charge in [-0.25, -0.2) is 4.98 Å². The topological polar surface area (TPSA) is 53.6 Å². The number of para-hydroxylation sites is 1. The normalized spacial score (nSPS) is 15.6. The molecule has 0 aliphatic heterocycles. The molecule has 0 radical (unpaired) electrons. The van der Waals surface area contributed by atoms with Crippen LogP contribution < -0.4 is 5.32 Å². The van der Waals surface area contributed by atoms with E-state index >= 15 is 0 Å². The number of hydrogen-bond acceptors (Lipinski definition) is 3. The van der Waals surface area contributed by atoms with Crippen LogP contribution in [0.5, 0.6) is 0 Å². The van der Waals surface area contributed by atoms with Crippen LogP contribution in [0.15, 0.2) is 42.5 Å². The second kappa shape index (κ2) is 5.99. The summed E-state index contributed by atoms with van der Waals surface area (Å²) in [7, 11) is 0. The fourth-order valence-electron chi connectivity index (χ4n) is 3.45. The number of rotatable bonds is 3. The minimum atomic E-state index is -0.510. The second-order valence-electron chi connectivity index (χ2n) is 7.43. The predicted octanol–water partition coefficient (Wildman–Crippen LogP) is 4.87. The summed E-state index contributed by atoms with van der Waals surface area (Å²) in [6, 6.07) is 12.9. The van der Waals surface area contributed by atoms with E-state index < -0.39 is 5.95 Å². The molecule has 1 aromatic carbocycles. The van der Waals surface area contributed by atoms with E-state index in [9.17, 15) is 4.39 Å². The minimum Gasteiger partial charge on any atom is -0.340 e. The first-order valence-corrected chi connectivity index (χ1v) is 8.56.